The SMILES string of the molecule is CCCC(NCCc1ccccn1)c1cccs1. The van der Waals surface area contributed by atoms with Crippen LogP contribution in [0.15, 0.2) is 41.9 Å². The van der Waals surface area contributed by atoms with Crippen LogP contribution >= 0.6 is 11.3 Å². The van der Waals surface area contributed by atoms with Gasteiger partial charge in [0.1, 0.15) is 0 Å². The molecular weight excluding hydrogens is 240 g/mol. The summed E-state index contributed by atoms with van der Waals surface area (Å²) in [6.45, 7) is 3.22. The van der Waals surface area contributed by atoms with Crippen molar-refractivity contribution in [2.45, 2.75) is 32.2 Å². The van der Waals surface area contributed by atoms with Crippen LogP contribution < -0.4 is 5.32 Å². The van der Waals surface area contributed by atoms with Crippen molar-refractivity contribution < 1.29 is 0 Å². The maximum atomic E-state index is 4.35. The summed E-state index contributed by atoms with van der Waals surface area (Å²) in [5.74, 6) is 0. The van der Waals surface area contributed by atoms with Gasteiger partial charge in [-0.2, -0.15) is 0 Å². The van der Waals surface area contributed by atoms with E-state index in [0.29, 0.717) is 6.04 Å². The number of pyridine rings is 1. The lowest BCUT2D eigenvalue weighted by molar-refractivity contribution is 0.503. The van der Waals surface area contributed by atoms with E-state index in [4.69, 9.17) is 0 Å². The molecule has 1 atom stereocenters. The number of nitrogens with zero attached hydrogens (tertiary/aromatic N) is 1. The van der Waals surface area contributed by atoms with E-state index in [1.54, 1.807) is 0 Å². The maximum Gasteiger partial charge on any atom is 0.0416 e. The van der Waals surface area contributed by atoms with E-state index in [1.807, 2.05) is 29.7 Å². The highest BCUT2D eigenvalue weighted by Gasteiger charge is 2.10. The van der Waals surface area contributed by atoms with Crippen molar-refractivity contribution in [1.82, 2.24) is 10.3 Å². The first-order valence-corrected chi connectivity index (χ1v) is 7.45. The minimum atomic E-state index is 0.499. The standard InChI is InChI=1S/C15H20N2S/c1-2-6-14(15-8-5-12-18-15)17-11-9-13-7-3-4-10-16-13/h3-5,7-8,10,12,14,17H,2,6,9,11H2,1H3. The first-order valence-electron chi connectivity index (χ1n) is 6.57. The van der Waals surface area contributed by atoms with Crippen LogP contribution in [-0.2, 0) is 6.42 Å². The van der Waals surface area contributed by atoms with E-state index >= 15 is 0 Å². The molecule has 2 nitrogen and oxygen atoms in total. The first-order chi connectivity index (χ1) is 8.90. The molecule has 0 bridgehead atoms. The minimum absolute atomic E-state index is 0.499. The Morgan fingerprint density at radius 1 is 1.28 bits per heavy atom. The molecule has 2 aromatic heterocycles. The van der Waals surface area contributed by atoms with Gasteiger partial charge in [0.25, 0.3) is 0 Å². The van der Waals surface area contributed by atoms with E-state index in [2.05, 4.69) is 40.8 Å². The summed E-state index contributed by atoms with van der Waals surface area (Å²) >= 11 is 1.84. The summed E-state index contributed by atoms with van der Waals surface area (Å²) in [6, 6.07) is 10.9. The highest BCUT2D eigenvalue weighted by Crippen LogP contribution is 2.22. The summed E-state index contributed by atoms with van der Waals surface area (Å²) in [5, 5.41) is 5.79. The molecule has 2 aromatic rings. The van der Waals surface area contributed by atoms with Crippen LogP contribution in [0.2, 0.25) is 0 Å². The second-order valence-electron chi connectivity index (χ2n) is 4.38. The van der Waals surface area contributed by atoms with E-state index < -0.39 is 0 Å². The second kappa shape index (κ2) is 7.29. The van der Waals surface area contributed by atoms with Crippen LogP contribution in [0.3, 0.4) is 0 Å². The maximum absolute atomic E-state index is 4.35. The zero-order valence-electron chi connectivity index (χ0n) is 10.8. The van der Waals surface area contributed by atoms with Crippen LogP contribution in [0.25, 0.3) is 0 Å². The fourth-order valence-corrected chi connectivity index (χ4v) is 2.88. The summed E-state index contributed by atoms with van der Waals surface area (Å²) in [4.78, 5) is 5.79. The summed E-state index contributed by atoms with van der Waals surface area (Å²) in [5.41, 5.74) is 1.16. The molecule has 0 fully saturated rings. The third-order valence-corrected chi connectivity index (χ3v) is 3.95. The molecular formula is C15H20N2S. The molecule has 0 radical (unpaired) electrons. The summed E-state index contributed by atoms with van der Waals surface area (Å²) < 4.78 is 0. The summed E-state index contributed by atoms with van der Waals surface area (Å²) in [6.07, 6.45) is 5.26. The average Bonchev–Trinajstić information content (AvgIpc) is 2.93. The molecule has 1 N–H and O–H groups in total. The highest BCUT2D eigenvalue weighted by molar-refractivity contribution is 7.10. The third kappa shape index (κ3) is 3.93. The Balaban J connectivity index is 1.83. The lowest BCUT2D eigenvalue weighted by Crippen LogP contribution is -2.23. The van der Waals surface area contributed by atoms with Crippen molar-refractivity contribution in [1.29, 1.82) is 0 Å². The Labute approximate surface area is 113 Å². The molecule has 0 saturated heterocycles. The van der Waals surface area contributed by atoms with Gasteiger partial charge in [0.2, 0.25) is 0 Å². The van der Waals surface area contributed by atoms with Gasteiger partial charge in [-0.15, -0.1) is 11.3 Å². The topological polar surface area (TPSA) is 24.9 Å². The molecule has 2 heterocycles. The van der Waals surface area contributed by atoms with Gasteiger partial charge in [-0.25, -0.2) is 0 Å². The Hall–Kier alpha value is -1.19. The van der Waals surface area contributed by atoms with Gasteiger partial charge in [-0.05, 0) is 30.0 Å². The molecule has 2 rings (SSSR count). The van der Waals surface area contributed by atoms with Gasteiger partial charge in [0.15, 0.2) is 0 Å². The molecule has 0 aliphatic heterocycles. The minimum Gasteiger partial charge on any atom is -0.309 e. The van der Waals surface area contributed by atoms with Crippen molar-refractivity contribution in [2.75, 3.05) is 6.54 Å². The van der Waals surface area contributed by atoms with Gasteiger partial charge in [0, 0.05) is 35.8 Å². The Kier molecular flexibility index (Phi) is 5.36. The quantitative estimate of drug-likeness (QED) is 0.818. The molecule has 18 heavy (non-hydrogen) atoms. The number of aromatic nitrogens is 1. The number of nitrogens with one attached hydrogen (secondary N) is 1. The van der Waals surface area contributed by atoms with Gasteiger partial charge < -0.3 is 5.32 Å². The average molecular weight is 260 g/mol. The molecule has 0 amide bonds. The fraction of sp³-hybridized carbons (Fsp3) is 0.400. The largest absolute Gasteiger partial charge is 0.309 e. The number of thiophene rings is 1. The van der Waals surface area contributed by atoms with Crippen LogP contribution in [0.4, 0.5) is 0 Å². The van der Waals surface area contributed by atoms with E-state index in [1.165, 1.54) is 17.7 Å². The number of hydrogen-bond acceptors (Lipinski definition) is 3. The van der Waals surface area contributed by atoms with Gasteiger partial charge >= 0.3 is 0 Å². The Morgan fingerprint density at radius 2 is 2.22 bits per heavy atom. The fourth-order valence-electron chi connectivity index (χ4n) is 2.04. The molecule has 0 spiro atoms. The summed E-state index contributed by atoms with van der Waals surface area (Å²) in [7, 11) is 0. The molecule has 96 valence electrons. The highest BCUT2D eigenvalue weighted by atomic mass is 32.1. The second-order valence-corrected chi connectivity index (χ2v) is 5.36. The predicted molar refractivity (Wildman–Crippen MR) is 77.9 cm³/mol. The molecule has 0 aliphatic carbocycles. The molecule has 1 unspecified atom stereocenters. The molecule has 0 aromatic carbocycles. The monoisotopic (exact) mass is 260 g/mol. The van der Waals surface area contributed by atoms with Crippen LogP contribution in [0, 0.1) is 0 Å². The Bertz CT molecular complexity index is 425. The zero-order valence-corrected chi connectivity index (χ0v) is 11.6. The zero-order chi connectivity index (χ0) is 12.6. The lowest BCUT2D eigenvalue weighted by Gasteiger charge is -2.16. The molecule has 0 aliphatic rings. The van der Waals surface area contributed by atoms with Crippen LogP contribution in [0.5, 0.6) is 0 Å². The van der Waals surface area contributed by atoms with Gasteiger partial charge in [-0.1, -0.05) is 25.5 Å². The normalized spacial score (nSPS) is 12.5. The van der Waals surface area contributed by atoms with Gasteiger partial charge in [-0.3, -0.25) is 4.98 Å². The van der Waals surface area contributed by atoms with Crippen molar-refractivity contribution in [3.63, 3.8) is 0 Å². The van der Waals surface area contributed by atoms with E-state index in [0.717, 1.165) is 18.7 Å². The molecule has 3 heteroatoms. The van der Waals surface area contributed by atoms with E-state index in [-0.39, 0.29) is 0 Å². The third-order valence-electron chi connectivity index (χ3n) is 2.96. The van der Waals surface area contributed by atoms with Gasteiger partial charge in [0.05, 0.1) is 0 Å². The predicted octanol–water partition coefficient (Wildman–Crippen LogP) is 3.82. The Morgan fingerprint density at radius 3 is 2.89 bits per heavy atom. The van der Waals surface area contributed by atoms with Crippen LogP contribution in [-0.4, -0.2) is 11.5 Å². The van der Waals surface area contributed by atoms with E-state index in [9.17, 15) is 0 Å². The molecule has 0 saturated carbocycles. The number of rotatable bonds is 7. The smallest absolute Gasteiger partial charge is 0.0416 e. The van der Waals surface area contributed by atoms with Crippen molar-refractivity contribution >= 4 is 11.3 Å². The van der Waals surface area contributed by atoms with Crippen molar-refractivity contribution in [3.8, 4) is 0 Å². The van der Waals surface area contributed by atoms with Crippen molar-refractivity contribution in [3.05, 3.63) is 52.5 Å². The lowest BCUT2D eigenvalue weighted by atomic mass is 10.1. The first kappa shape index (κ1) is 13.2. The number of hydrogen-bond donors (Lipinski definition) is 1. The van der Waals surface area contributed by atoms with Crippen molar-refractivity contribution in [2.24, 2.45) is 0 Å². The van der Waals surface area contributed by atoms with Crippen LogP contribution in [0.1, 0.15) is 36.4 Å².